The lowest BCUT2D eigenvalue weighted by Crippen LogP contribution is -2.23. The van der Waals surface area contributed by atoms with Crippen LogP contribution in [0.15, 0.2) is 51.1 Å². The molecule has 96 valence electrons. The lowest BCUT2D eigenvalue weighted by molar-refractivity contribution is 0.909. The van der Waals surface area contributed by atoms with Gasteiger partial charge in [-0.05, 0) is 58.9 Å². The number of nitrogens with one attached hydrogen (secondary N) is 1. The lowest BCUT2D eigenvalue weighted by Gasteiger charge is -2.10. The van der Waals surface area contributed by atoms with Crippen molar-refractivity contribution in [2.24, 2.45) is 4.99 Å². The number of allylic oxidation sites excluding steroid dienone is 2. The van der Waals surface area contributed by atoms with Crippen LogP contribution in [0.5, 0.6) is 0 Å². The molecule has 0 aromatic heterocycles. The molecule has 1 aromatic rings. The molecule has 0 heterocycles. The van der Waals surface area contributed by atoms with Crippen molar-refractivity contribution < 1.29 is 0 Å². The van der Waals surface area contributed by atoms with Gasteiger partial charge < -0.3 is 5.32 Å². The summed E-state index contributed by atoms with van der Waals surface area (Å²) in [5.41, 5.74) is 2.24. The maximum atomic E-state index is 5.85. The van der Waals surface area contributed by atoms with Gasteiger partial charge in [-0.15, -0.1) is 0 Å². The van der Waals surface area contributed by atoms with Crippen molar-refractivity contribution >= 4 is 40.0 Å². The van der Waals surface area contributed by atoms with Gasteiger partial charge >= 0.3 is 0 Å². The number of benzene rings is 1. The second-order valence-corrected chi connectivity index (χ2v) is 5.65. The van der Waals surface area contributed by atoms with E-state index in [1.54, 1.807) is 7.05 Å². The summed E-state index contributed by atoms with van der Waals surface area (Å²) in [5.74, 6) is 0.878. The van der Waals surface area contributed by atoms with Gasteiger partial charge in [0.25, 0.3) is 0 Å². The second-order valence-electron chi connectivity index (χ2n) is 3.83. The third kappa shape index (κ3) is 5.23. The maximum Gasteiger partial charge on any atom is 0.123 e. The maximum absolute atomic E-state index is 5.85. The second kappa shape index (κ2) is 7.59. The van der Waals surface area contributed by atoms with Crippen LogP contribution in [0.2, 0.25) is 5.02 Å². The zero-order chi connectivity index (χ0) is 13.5. The first-order chi connectivity index (χ1) is 8.52. The van der Waals surface area contributed by atoms with E-state index in [0.717, 1.165) is 26.6 Å². The van der Waals surface area contributed by atoms with E-state index in [4.69, 9.17) is 11.6 Å². The molecule has 0 aliphatic heterocycles. The van der Waals surface area contributed by atoms with Gasteiger partial charge in [-0.2, -0.15) is 0 Å². The lowest BCUT2D eigenvalue weighted by atomic mass is 10.2. The highest BCUT2D eigenvalue weighted by molar-refractivity contribution is 14.1. The molecule has 0 bridgehead atoms. The van der Waals surface area contributed by atoms with Crippen molar-refractivity contribution in [3.8, 4) is 0 Å². The van der Waals surface area contributed by atoms with E-state index in [9.17, 15) is 0 Å². The molecule has 0 aliphatic carbocycles. The highest BCUT2D eigenvalue weighted by Gasteiger charge is 2.01. The first-order valence-corrected chi connectivity index (χ1v) is 6.96. The van der Waals surface area contributed by atoms with Crippen molar-refractivity contribution in [2.45, 2.75) is 13.5 Å². The van der Waals surface area contributed by atoms with E-state index in [1.807, 2.05) is 37.3 Å². The summed E-state index contributed by atoms with van der Waals surface area (Å²) in [4.78, 5) is 4.24. The summed E-state index contributed by atoms with van der Waals surface area (Å²) < 4.78 is 0.986. The van der Waals surface area contributed by atoms with Crippen LogP contribution in [-0.2, 0) is 6.54 Å². The van der Waals surface area contributed by atoms with Gasteiger partial charge in [-0.25, -0.2) is 0 Å². The summed E-state index contributed by atoms with van der Waals surface area (Å²) in [5, 5.41) is 4.05. The van der Waals surface area contributed by atoms with Gasteiger partial charge in [0.2, 0.25) is 0 Å². The van der Waals surface area contributed by atoms with Gasteiger partial charge in [-0.3, -0.25) is 4.99 Å². The predicted molar refractivity (Wildman–Crippen MR) is 88.6 cm³/mol. The average molecular weight is 375 g/mol. The van der Waals surface area contributed by atoms with Gasteiger partial charge in [0.1, 0.15) is 5.84 Å². The van der Waals surface area contributed by atoms with Crippen LogP contribution in [0.25, 0.3) is 0 Å². The predicted octanol–water partition coefficient (Wildman–Crippen LogP) is 4.35. The van der Waals surface area contributed by atoms with Gasteiger partial charge in [0.05, 0.1) is 0 Å². The zero-order valence-corrected chi connectivity index (χ0v) is 13.4. The van der Waals surface area contributed by atoms with Crippen molar-refractivity contribution in [3.05, 3.63) is 56.7 Å². The number of halogens is 2. The fourth-order valence-corrected chi connectivity index (χ4v) is 2.08. The van der Waals surface area contributed by atoms with E-state index < -0.39 is 0 Å². The summed E-state index contributed by atoms with van der Waals surface area (Å²) in [7, 11) is 1.78. The molecule has 0 saturated carbocycles. The Morgan fingerprint density at radius 3 is 2.56 bits per heavy atom. The van der Waals surface area contributed by atoms with Crippen LogP contribution in [0.3, 0.4) is 0 Å². The molecule has 0 radical (unpaired) electrons. The van der Waals surface area contributed by atoms with Crippen LogP contribution in [0.1, 0.15) is 12.5 Å². The summed E-state index contributed by atoms with van der Waals surface area (Å²) in [6.07, 6.45) is 2.00. The quantitative estimate of drug-likeness (QED) is 0.360. The number of hydrogen-bond acceptors (Lipinski definition) is 1. The molecular weight excluding hydrogens is 359 g/mol. The van der Waals surface area contributed by atoms with Crippen LogP contribution in [0, 0.1) is 0 Å². The fraction of sp³-hybridized carbons (Fsp3) is 0.214. The topological polar surface area (TPSA) is 24.4 Å². The number of aliphatic imine (C=N–C) groups is 1. The average Bonchev–Trinajstić information content (AvgIpc) is 2.31. The molecule has 0 amide bonds. The molecule has 0 atom stereocenters. The number of hydrogen-bond donors (Lipinski definition) is 1. The molecule has 0 fully saturated rings. The van der Waals surface area contributed by atoms with Crippen LogP contribution >= 0.6 is 34.2 Å². The monoisotopic (exact) mass is 374 g/mol. The SMILES string of the molecule is C=C(I)/C=C(C)/C(=N\C)NCc1ccc(Cl)cc1. The molecule has 0 saturated heterocycles. The number of nitrogens with zero attached hydrogens (tertiary/aromatic N) is 1. The Bertz CT molecular complexity index is 475. The molecule has 0 aliphatic rings. The molecule has 0 spiro atoms. The molecule has 1 aromatic carbocycles. The van der Waals surface area contributed by atoms with E-state index in [-0.39, 0.29) is 0 Å². The van der Waals surface area contributed by atoms with Crippen molar-refractivity contribution in [2.75, 3.05) is 7.05 Å². The standard InChI is InChI=1S/C14H16ClIN2/c1-10(8-11(2)16)14(17-3)18-9-12-4-6-13(15)7-5-12/h4-8H,2,9H2,1,3H3,(H,17,18)/b10-8+. The van der Waals surface area contributed by atoms with Crippen molar-refractivity contribution in [1.29, 1.82) is 0 Å². The Hall–Kier alpha value is -0.810. The Morgan fingerprint density at radius 2 is 2.06 bits per heavy atom. The van der Waals surface area contributed by atoms with Gasteiger partial charge in [-0.1, -0.05) is 30.3 Å². The van der Waals surface area contributed by atoms with E-state index in [1.165, 1.54) is 5.56 Å². The first-order valence-electron chi connectivity index (χ1n) is 5.51. The highest BCUT2D eigenvalue weighted by Crippen LogP contribution is 2.11. The van der Waals surface area contributed by atoms with Crippen LogP contribution < -0.4 is 5.32 Å². The molecule has 4 heteroatoms. The van der Waals surface area contributed by atoms with Gasteiger partial charge in [0, 0.05) is 22.2 Å². The van der Waals surface area contributed by atoms with Gasteiger partial charge in [0.15, 0.2) is 0 Å². The Labute approximate surface area is 127 Å². The minimum absolute atomic E-state index is 0.725. The summed E-state index contributed by atoms with van der Waals surface area (Å²) in [6, 6.07) is 7.77. The Balaban J connectivity index is 2.66. The number of rotatable bonds is 4. The van der Waals surface area contributed by atoms with Crippen LogP contribution in [0.4, 0.5) is 0 Å². The van der Waals surface area contributed by atoms with E-state index in [0.29, 0.717) is 0 Å². The molecule has 0 unspecified atom stereocenters. The molecule has 1 rings (SSSR count). The fourth-order valence-electron chi connectivity index (χ4n) is 1.49. The molecule has 18 heavy (non-hydrogen) atoms. The largest absolute Gasteiger partial charge is 0.366 e. The zero-order valence-electron chi connectivity index (χ0n) is 10.5. The van der Waals surface area contributed by atoms with Crippen molar-refractivity contribution in [3.63, 3.8) is 0 Å². The smallest absolute Gasteiger partial charge is 0.123 e. The molecule has 1 N–H and O–H groups in total. The summed E-state index contributed by atoms with van der Waals surface area (Å²) in [6.45, 7) is 6.59. The highest BCUT2D eigenvalue weighted by atomic mass is 127. The first kappa shape index (κ1) is 15.2. The molecular formula is C14H16ClIN2. The van der Waals surface area contributed by atoms with E-state index >= 15 is 0 Å². The third-order valence-corrected chi connectivity index (χ3v) is 2.91. The number of amidine groups is 1. The third-order valence-electron chi connectivity index (χ3n) is 2.34. The summed E-state index contributed by atoms with van der Waals surface area (Å²) >= 11 is 8.03. The molecule has 2 nitrogen and oxygen atoms in total. The minimum Gasteiger partial charge on any atom is -0.366 e. The normalized spacial score (nSPS) is 12.4. The van der Waals surface area contributed by atoms with Crippen molar-refractivity contribution in [1.82, 2.24) is 5.32 Å². The van der Waals surface area contributed by atoms with Crippen LogP contribution in [-0.4, -0.2) is 12.9 Å². The minimum atomic E-state index is 0.725. The Morgan fingerprint density at radius 1 is 1.44 bits per heavy atom. The van der Waals surface area contributed by atoms with E-state index in [2.05, 4.69) is 39.5 Å². The Kier molecular flexibility index (Phi) is 6.43.